The SMILES string of the molecule is CCO[PH](=O)CCc1ccccc1OCCOC. The average molecular weight is 272 g/mol. The zero-order valence-electron chi connectivity index (χ0n) is 11.0. The second-order valence-electron chi connectivity index (χ2n) is 3.75. The molecule has 0 fully saturated rings. The van der Waals surface area contributed by atoms with Gasteiger partial charge in [-0.1, -0.05) is 18.2 Å². The predicted molar refractivity (Wildman–Crippen MR) is 73.0 cm³/mol. The van der Waals surface area contributed by atoms with Crippen LogP contribution in [0.15, 0.2) is 24.3 Å². The molecule has 0 saturated heterocycles. The van der Waals surface area contributed by atoms with Crippen molar-refractivity contribution in [3.63, 3.8) is 0 Å². The van der Waals surface area contributed by atoms with Gasteiger partial charge in [-0.25, -0.2) is 0 Å². The average Bonchev–Trinajstić information content (AvgIpc) is 2.38. The Morgan fingerprint density at radius 1 is 1.22 bits per heavy atom. The van der Waals surface area contributed by atoms with E-state index >= 15 is 0 Å². The van der Waals surface area contributed by atoms with Crippen LogP contribution in [0.5, 0.6) is 5.75 Å². The summed E-state index contributed by atoms with van der Waals surface area (Å²) in [7, 11) is -0.267. The minimum atomic E-state index is -1.91. The van der Waals surface area contributed by atoms with Crippen LogP contribution in [0.4, 0.5) is 0 Å². The minimum absolute atomic E-state index is 0.504. The molecule has 4 nitrogen and oxygen atoms in total. The van der Waals surface area contributed by atoms with Crippen molar-refractivity contribution in [1.29, 1.82) is 0 Å². The predicted octanol–water partition coefficient (Wildman–Crippen LogP) is 2.77. The number of rotatable bonds is 9. The van der Waals surface area contributed by atoms with Crippen molar-refractivity contribution in [1.82, 2.24) is 0 Å². The van der Waals surface area contributed by atoms with Crippen molar-refractivity contribution in [2.75, 3.05) is 33.1 Å². The molecule has 0 aromatic heterocycles. The third-order valence-corrected chi connectivity index (χ3v) is 3.69. The summed E-state index contributed by atoms with van der Waals surface area (Å²) in [5, 5.41) is 0. The smallest absolute Gasteiger partial charge is 0.191 e. The van der Waals surface area contributed by atoms with Crippen LogP contribution in [-0.4, -0.2) is 33.1 Å². The van der Waals surface area contributed by atoms with E-state index in [4.69, 9.17) is 14.0 Å². The van der Waals surface area contributed by atoms with Gasteiger partial charge in [0.1, 0.15) is 12.4 Å². The molecule has 0 bridgehead atoms. The molecule has 5 heteroatoms. The van der Waals surface area contributed by atoms with Gasteiger partial charge in [0, 0.05) is 13.3 Å². The van der Waals surface area contributed by atoms with Gasteiger partial charge in [0.15, 0.2) is 8.03 Å². The van der Waals surface area contributed by atoms with Gasteiger partial charge in [-0.2, -0.15) is 0 Å². The molecule has 0 amide bonds. The number of ether oxygens (including phenoxy) is 2. The maximum Gasteiger partial charge on any atom is 0.191 e. The molecule has 0 aliphatic heterocycles. The highest BCUT2D eigenvalue weighted by Crippen LogP contribution is 2.26. The zero-order valence-corrected chi connectivity index (χ0v) is 12.0. The normalized spacial score (nSPS) is 12.3. The summed E-state index contributed by atoms with van der Waals surface area (Å²) in [5.74, 6) is 0.834. The number of hydrogen-bond acceptors (Lipinski definition) is 4. The fourth-order valence-corrected chi connectivity index (χ4v) is 2.50. The summed E-state index contributed by atoms with van der Waals surface area (Å²) in [6.07, 6.45) is 1.27. The molecule has 18 heavy (non-hydrogen) atoms. The summed E-state index contributed by atoms with van der Waals surface area (Å²) in [4.78, 5) is 0. The number of hydrogen-bond donors (Lipinski definition) is 0. The van der Waals surface area contributed by atoms with Gasteiger partial charge in [-0.3, -0.25) is 4.57 Å². The Morgan fingerprint density at radius 3 is 2.72 bits per heavy atom. The summed E-state index contributed by atoms with van der Waals surface area (Å²) in [6.45, 7) is 3.44. The molecule has 0 aliphatic carbocycles. The topological polar surface area (TPSA) is 44.8 Å². The highest BCUT2D eigenvalue weighted by Gasteiger charge is 2.05. The van der Waals surface area contributed by atoms with Gasteiger partial charge in [0.25, 0.3) is 0 Å². The number of benzene rings is 1. The quantitative estimate of drug-likeness (QED) is 0.512. The Morgan fingerprint density at radius 2 is 2.00 bits per heavy atom. The van der Waals surface area contributed by atoms with E-state index < -0.39 is 8.03 Å². The van der Waals surface area contributed by atoms with Crippen LogP contribution in [0.25, 0.3) is 0 Å². The maximum absolute atomic E-state index is 11.5. The molecule has 0 heterocycles. The molecule has 1 rings (SSSR count). The third-order valence-electron chi connectivity index (χ3n) is 2.42. The van der Waals surface area contributed by atoms with Crippen LogP contribution in [0, 0.1) is 0 Å². The molecule has 1 atom stereocenters. The van der Waals surface area contributed by atoms with Crippen LogP contribution < -0.4 is 4.74 Å². The Kier molecular flexibility index (Phi) is 7.74. The highest BCUT2D eigenvalue weighted by atomic mass is 31.1. The molecule has 102 valence electrons. The van der Waals surface area contributed by atoms with E-state index in [1.54, 1.807) is 7.11 Å². The monoisotopic (exact) mass is 272 g/mol. The van der Waals surface area contributed by atoms with E-state index in [-0.39, 0.29) is 0 Å². The molecule has 1 aromatic carbocycles. The van der Waals surface area contributed by atoms with Crippen molar-refractivity contribution in [3.05, 3.63) is 29.8 Å². The standard InChI is InChI=1S/C13H21O4P/c1-3-17-18(14)11-8-12-6-4-5-7-13(12)16-10-9-15-2/h4-7,18H,3,8-11H2,1-2H3. The van der Waals surface area contributed by atoms with Gasteiger partial charge < -0.3 is 14.0 Å². The number of aryl methyl sites for hydroxylation is 1. The van der Waals surface area contributed by atoms with Crippen molar-refractivity contribution in [2.24, 2.45) is 0 Å². The lowest BCUT2D eigenvalue weighted by molar-refractivity contribution is 0.146. The van der Waals surface area contributed by atoms with E-state index in [0.29, 0.717) is 32.4 Å². The van der Waals surface area contributed by atoms with Gasteiger partial charge in [-0.05, 0) is 25.0 Å². The Labute approximate surface area is 109 Å². The molecular weight excluding hydrogens is 251 g/mol. The molecule has 0 radical (unpaired) electrons. The number of methoxy groups -OCH3 is 1. The first-order valence-corrected chi connectivity index (χ1v) is 7.65. The van der Waals surface area contributed by atoms with E-state index in [1.165, 1.54) is 0 Å². The van der Waals surface area contributed by atoms with Crippen LogP contribution in [0.1, 0.15) is 12.5 Å². The van der Waals surface area contributed by atoms with Crippen molar-refractivity contribution < 1.29 is 18.6 Å². The Bertz CT molecular complexity index is 368. The first kappa shape index (κ1) is 15.2. The van der Waals surface area contributed by atoms with Gasteiger partial charge in [0.05, 0.1) is 13.2 Å². The summed E-state index contributed by atoms with van der Waals surface area (Å²) in [6, 6.07) is 7.79. The van der Waals surface area contributed by atoms with Crippen molar-refractivity contribution in [2.45, 2.75) is 13.3 Å². The molecule has 0 N–H and O–H groups in total. The Balaban J connectivity index is 2.50. The minimum Gasteiger partial charge on any atom is -0.491 e. The summed E-state index contributed by atoms with van der Waals surface area (Å²) >= 11 is 0. The Hall–Kier alpha value is -0.830. The van der Waals surface area contributed by atoms with Gasteiger partial charge in [-0.15, -0.1) is 0 Å². The van der Waals surface area contributed by atoms with E-state index in [0.717, 1.165) is 11.3 Å². The van der Waals surface area contributed by atoms with Gasteiger partial charge >= 0.3 is 0 Å². The highest BCUT2D eigenvalue weighted by molar-refractivity contribution is 7.39. The lowest BCUT2D eigenvalue weighted by Crippen LogP contribution is -2.06. The molecule has 0 saturated carbocycles. The van der Waals surface area contributed by atoms with E-state index in [9.17, 15) is 4.57 Å². The first-order chi connectivity index (χ1) is 8.77. The van der Waals surface area contributed by atoms with Crippen LogP contribution in [0.3, 0.4) is 0 Å². The van der Waals surface area contributed by atoms with E-state index in [1.807, 2.05) is 31.2 Å². The second-order valence-corrected chi connectivity index (χ2v) is 5.29. The molecule has 1 unspecified atom stereocenters. The van der Waals surface area contributed by atoms with Gasteiger partial charge in [0.2, 0.25) is 0 Å². The summed E-state index contributed by atoms with van der Waals surface area (Å²) < 4.78 is 27.1. The van der Waals surface area contributed by atoms with Crippen LogP contribution in [-0.2, 0) is 20.2 Å². The molecule has 0 aliphatic rings. The third kappa shape index (κ3) is 5.67. The first-order valence-electron chi connectivity index (χ1n) is 6.13. The molecule has 0 spiro atoms. The fraction of sp³-hybridized carbons (Fsp3) is 0.538. The molecule has 1 aromatic rings. The lowest BCUT2D eigenvalue weighted by Gasteiger charge is -2.11. The zero-order chi connectivity index (χ0) is 13.2. The number of para-hydroxylation sites is 1. The van der Waals surface area contributed by atoms with Crippen LogP contribution >= 0.6 is 8.03 Å². The van der Waals surface area contributed by atoms with Crippen molar-refractivity contribution >= 4 is 8.03 Å². The second kappa shape index (κ2) is 9.15. The fourth-order valence-electron chi connectivity index (χ4n) is 1.56. The molecular formula is C13H21O4P. The maximum atomic E-state index is 11.5. The van der Waals surface area contributed by atoms with E-state index in [2.05, 4.69) is 0 Å². The van der Waals surface area contributed by atoms with Crippen molar-refractivity contribution in [3.8, 4) is 5.75 Å². The summed E-state index contributed by atoms with van der Waals surface area (Å²) in [5.41, 5.74) is 1.06. The largest absolute Gasteiger partial charge is 0.491 e. The van der Waals surface area contributed by atoms with Crippen LogP contribution in [0.2, 0.25) is 0 Å². The lowest BCUT2D eigenvalue weighted by atomic mass is 10.1.